The van der Waals surface area contributed by atoms with Crippen molar-refractivity contribution in [2.45, 2.75) is 6.92 Å². The highest BCUT2D eigenvalue weighted by Crippen LogP contribution is 2.30. The number of aromatic nitrogens is 2. The summed E-state index contributed by atoms with van der Waals surface area (Å²) in [6, 6.07) is 6.97. The maximum Gasteiger partial charge on any atom is 0.162 e. The molecule has 0 saturated carbocycles. The van der Waals surface area contributed by atoms with Crippen molar-refractivity contribution >= 4 is 28.2 Å². The molecular formula is C13H10N2O2S. The molecule has 4 nitrogen and oxygen atoms in total. The predicted molar refractivity (Wildman–Crippen MR) is 71.1 cm³/mol. The average Bonchev–Trinajstić information content (AvgIpc) is 2.97. The maximum atomic E-state index is 11.5. The Morgan fingerprint density at radius 3 is 2.89 bits per heavy atom. The highest BCUT2D eigenvalue weighted by molar-refractivity contribution is 7.13. The van der Waals surface area contributed by atoms with E-state index in [0.29, 0.717) is 22.4 Å². The Balaban J connectivity index is 2.31. The van der Waals surface area contributed by atoms with Crippen molar-refractivity contribution in [2.75, 3.05) is 0 Å². The van der Waals surface area contributed by atoms with Crippen LogP contribution in [0.4, 0.5) is 0 Å². The third kappa shape index (κ3) is 1.60. The molecule has 2 aromatic heterocycles. The van der Waals surface area contributed by atoms with Gasteiger partial charge in [-0.1, -0.05) is 6.07 Å². The van der Waals surface area contributed by atoms with Crippen molar-refractivity contribution < 1.29 is 9.90 Å². The number of hydrogen-bond acceptors (Lipinski definition) is 4. The van der Waals surface area contributed by atoms with Gasteiger partial charge in [0.15, 0.2) is 5.78 Å². The summed E-state index contributed by atoms with van der Waals surface area (Å²) < 4.78 is 0. The van der Waals surface area contributed by atoms with E-state index in [2.05, 4.69) is 9.97 Å². The fourth-order valence-electron chi connectivity index (χ4n) is 1.89. The number of phenols is 1. The monoisotopic (exact) mass is 258 g/mol. The van der Waals surface area contributed by atoms with E-state index in [4.69, 9.17) is 0 Å². The van der Waals surface area contributed by atoms with Crippen molar-refractivity contribution in [3.05, 3.63) is 35.2 Å². The molecule has 18 heavy (non-hydrogen) atoms. The highest BCUT2D eigenvalue weighted by atomic mass is 32.1. The van der Waals surface area contributed by atoms with Gasteiger partial charge in [-0.15, -0.1) is 11.3 Å². The molecule has 0 atom stereocenters. The summed E-state index contributed by atoms with van der Waals surface area (Å²) in [6.45, 7) is 1.49. The number of rotatable bonds is 2. The second-order valence-electron chi connectivity index (χ2n) is 3.97. The molecule has 90 valence electrons. The predicted octanol–water partition coefficient (Wildman–Crippen LogP) is 3.20. The Kier molecular flexibility index (Phi) is 2.41. The van der Waals surface area contributed by atoms with Crippen LogP contribution in [-0.4, -0.2) is 20.9 Å². The molecule has 0 spiro atoms. The zero-order valence-corrected chi connectivity index (χ0v) is 10.4. The Bertz CT molecular complexity index is 729. The Hall–Kier alpha value is -2.14. The maximum absolute atomic E-state index is 11.5. The van der Waals surface area contributed by atoms with Gasteiger partial charge in [-0.2, -0.15) is 0 Å². The molecule has 0 radical (unpaired) electrons. The molecule has 0 bridgehead atoms. The summed E-state index contributed by atoms with van der Waals surface area (Å²) in [7, 11) is 0. The zero-order valence-electron chi connectivity index (χ0n) is 9.60. The molecule has 3 aromatic rings. The van der Waals surface area contributed by atoms with Gasteiger partial charge in [0.2, 0.25) is 0 Å². The first-order valence-electron chi connectivity index (χ1n) is 5.43. The molecule has 3 rings (SSSR count). The number of H-pyrrole nitrogens is 1. The molecule has 5 heteroatoms. The molecule has 0 aliphatic rings. The molecule has 2 N–H and O–H groups in total. The number of benzene rings is 1. The summed E-state index contributed by atoms with van der Waals surface area (Å²) in [4.78, 5) is 20.0. The van der Waals surface area contributed by atoms with Crippen LogP contribution in [0.3, 0.4) is 0 Å². The van der Waals surface area contributed by atoms with E-state index in [-0.39, 0.29) is 11.5 Å². The van der Waals surface area contributed by atoms with Crippen LogP contribution in [0, 0.1) is 0 Å². The van der Waals surface area contributed by atoms with Crippen LogP contribution in [0.5, 0.6) is 5.75 Å². The lowest BCUT2D eigenvalue weighted by Crippen LogP contribution is -1.93. The Morgan fingerprint density at radius 2 is 2.22 bits per heavy atom. The molecule has 2 heterocycles. The number of fused-ring (bicyclic) bond motifs is 1. The number of phenolic OH excluding ortho intramolecular Hbond substituents is 1. The van der Waals surface area contributed by atoms with Crippen molar-refractivity contribution in [3.63, 3.8) is 0 Å². The minimum atomic E-state index is -0.0655. The lowest BCUT2D eigenvalue weighted by atomic mass is 10.1. The number of thiophene rings is 1. The lowest BCUT2D eigenvalue weighted by molar-refractivity contribution is 0.101. The molecule has 0 aliphatic heterocycles. The fraction of sp³-hybridized carbons (Fsp3) is 0.0769. The van der Waals surface area contributed by atoms with Crippen molar-refractivity contribution in [3.8, 4) is 16.5 Å². The summed E-state index contributed by atoms with van der Waals surface area (Å²) in [5.74, 6) is 0.707. The van der Waals surface area contributed by atoms with Gasteiger partial charge in [0.05, 0.1) is 4.88 Å². The van der Waals surface area contributed by atoms with Gasteiger partial charge in [-0.05, 0) is 30.5 Å². The van der Waals surface area contributed by atoms with E-state index in [1.54, 1.807) is 17.4 Å². The number of carbonyl (C=O) groups excluding carboxylic acids is 1. The van der Waals surface area contributed by atoms with Gasteiger partial charge in [-0.3, -0.25) is 4.79 Å². The minimum Gasteiger partial charge on any atom is -0.506 e. The van der Waals surface area contributed by atoms with Gasteiger partial charge in [-0.25, -0.2) is 4.98 Å². The molecule has 0 fully saturated rings. The summed E-state index contributed by atoms with van der Waals surface area (Å²) in [5, 5.41) is 11.8. The summed E-state index contributed by atoms with van der Waals surface area (Å²) >= 11 is 1.55. The average molecular weight is 258 g/mol. The molecule has 0 unspecified atom stereocenters. The molecule has 0 aliphatic carbocycles. The first-order chi connectivity index (χ1) is 8.66. The first-order valence-corrected chi connectivity index (χ1v) is 6.31. The van der Waals surface area contributed by atoms with Crippen LogP contribution in [-0.2, 0) is 0 Å². The largest absolute Gasteiger partial charge is 0.506 e. The first kappa shape index (κ1) is 11.0. The number of ketones is 1. The number of carbonyl (C=O) groups is 1. The zero-order chi connectivity index (χ0) is 12.7. The van der Waals surface area contributed by atoms with Crippen molar-refractivity contribution in [1.29, 1.82) is 0 Å². The van der Waals surface area contributed by atoms with E-state index in [0.717, 1.165) is 4.88 Å². The van der Waals surface area contributed by atoms with Crippen LogP contribution in [0.15, 0.2) is 29.6 Å². The lowest BCUT2D eigenvalue weighted by Gasteiger charge is -1.98. The molecule has 1 aromatic carbocycles. The summed E-state index contributed by atoms with van der Waals surface area (Å²) in [6.07, 6.45) is 0. The third-order valence-electron chi connectivity index (χ3n) is 2.76. The van der Waals surface area contributed by atoms with Crippen LogP contribution in [0.1, 0.15) is 17.3 Å². The number of Topliss-reactive ketones (excluding diaryl/α,β-unsaturated/α-hetero) is 1. The van der Waals surface area contributed by atoms with Crippen LogP contribution >= 0.6 is 11.3 Å². The van der Waals surface area contributed by atoms with Crippen molar-refractivity contribution in [2.24, 2.45) is 0 Å². The number of aromatic amines is 1. The van der Waals surface area contributed by atoms with Gasteiger partial charge in [0, 0.05) is 5.56 Å². The quantitative estimate of drug-likeness (QED) is 0.694. The highest BCUT2D eigenvalue weighted by Gasteiger charge is 2.14. The minimum absolute atomic E-state index is 0.0655. The van der Waals surface area contributed by atoms with Gasteiger partial charge >= 0.3 is 0 Å². The Morgan fingerprint density at radius 1 is 1.39 bits per heavy atom. The molecule has 0 saturated heterocycles. The fourth-order valence-corrected chi connectivity index (χ4v) is 2.56. The van der Waals surface area contributed by atoms with Crippen LogP contribution in [0.2, 0.25) is 0 Å². The SMILES string of the molecule is CC(=O)c1ccc(O)c2[nH]c(-c3cccs3)nc12. The van der Waals surface area contributed by atoms with E-state index < -0.39 is 0 Å². The van der Waals surface area contributed by atoms with Gasteiger partial charge in [0.25, 0.3) is 0 Å². The molecular weight excluding hydrogens is 248 g/mol. The van der Waals surface area contributed by atoms with Gasteiger partial charge < -0.3 is 10.1 Å². The smallest absolute Gasteiger partial charge is 0.162 e. The van der Waals surface area contributed by atoms with Crippen LogP contribution < -0.4 is 0 Å². The van der Waals surface area contributed by atoms with E-state index >= 15 is 0 Å². The standard InChI is InChI=1S/C13H10N2O2S/c1-7(16)8-4-5-9(17)12-11(8)14-13(15-12)10-3-2-6-18-10/h2-6,17H,1H3,(H,14,15). The van der Waals surface area contributed by atoms with E-state index in [1.165, 1.54) is 13.0 Å². The number of nitrogens with zero attached hydrogens (tertiary/aromatic N) is 1. The molecule has 0 amide bonds. The number of hydrogen-bond donors (Lipinski definition) is 2. The number of imidazole rings is 1. The number of aromatic hydroxyl groups is 1. The topological polar surface area (TPSA) is 66.0 Å². The second-order valence-corrected chi connectivity index (χ2v) is 4.92. The van der Waals surface area contributed by atoms with Crippen molar-refractivity contribution in [1.82, 2.24) is 9.97 Å². The van der Waals surface area contributed by atoms with E-state index in [1.807, 2.05) is 17.5 Å². The van der Waals surface area contributed by atoms with Crippen LogP contribution in [0.25, 0.3) is 21.7 Å². The Labute approximate surface area is 107 Å². The second kappa shape index (κ2) is 3.96. The number of nitrogens with one attached hydrogen (secondary N) is 1. The third-order valence-corrected chi connectivity index (χ3v) is 3.63. The summed E-state index contributed by atoms with van der Waals surface area (Å²) in [5.41, 5.74) is 1.54. The van der Waals surface area contributed by atoms with E-state index in [9.17, 15) is 9.90 Å². The normalized spacial score (nSPS) is 10.9. The van der Waals surface area contributed by atoms with Gasteiger partial charge in [0.1, 0.15) is 22.6 Å².